The van der Waals surface area contributed by atoms with E-state index in [1.165, 1.54) is 17.2 Å². The third-order valence-corrected chi connectivity index (χ3v) is 5.45. The van der Waals surface area contributed by atoms with Crippen LogP contribution in [0.15, 0.2) is 60.8 Å². The maximum atomic E-state index is 13.9. The highest BCUT2D eigenvalue weighted by molar-refractivity contribution is 7.80. The van der Waals surface area contributed by atoms with Gasteiger partial charge in [0.15, 0.2) is 10.9 Å². The lowest BCUT2D eigenvalue weighted by atomic mass is 10.1. The summed E-state index contributed by atoms with van der Waals surface area (Å²) in [5.41, 5.74) is 5.74. The summed E-state index contributed by atoms with van der Waals surface area (Å²) in [6.07, 6.45) is 1.79. The number of hydrogen-bond donors (Lipinski definition) is 2. The monoisotopic (exact) mass is 448 g/mol. The number of hydrogen-bond acceptors (Lipinski definition) is 3. The third-order valence-electron chi connectivity index (χ3n) is 5.25. The van der Waals surface area contributed by atoms with Crippen LogP contribution in [-0.2, 0) is 13.1 Å². The van der Waals surface area contributed by atoms with Gasteiger partial charge in [-0.1, -0.05) is 48.0 Å². The van der Waals surface area contributed by atoms with E-state index < -0.39 is 0 Å². The van der Waals surface area contributed by atoms with E-state index in [0.29, 0.717) is 29.6 Å². The summed E-state index contributed by atoms with van der Waals surface area (Å²) in [6.45, 7) is 7.08. The largest absolute Gasteiger partial charge is 0.329 e. The second kappa shape index (κ2) is 9.32. The van der Waals surface area contributed by atoms with Crippen molar-refractivity contribution in [2.45, 2.75) is 33.9 Å². The Morgan fingerprint density at radius 3 is 2.44 bits per heavy atom. The van der Waals surface area contributed by atoms with Crippen LogP contribution in [0.2, 0.25) is 0 Å². The van der Waals surface area contributed by atoms with Gasteiger partial charge in [0, 0.05) is 17.8 Å². The van der Waals surface area contributed by atoms with E-state index in [0.717, 1.165) is 17.1 Å². The molecule has 0 amide bonds. The summed E-state index contributed by atoms with van der Waals surface area (Å²) in [5, 5.41) is 15.8. The van der Waals surface area contributed by atoms with Crippen LogP contribution >= 0.6 is 12.2 Å². The Balaban J connectivity index is 1.40. The molecule has 0 atom stereocenters. The summed E-state index contributed by atoms with van der Waals surface area (Å²) in [5.74, 6) is 0.337. The second-order valence-corrected chi connectivity index (χ2v) is 8.17. The van der Waals surface area contributed by atoms with Crippen molar-refractivity contribution in [1.82, 2.24) is 19.6 Å². The molecular weight excluding hydrogens is 423 g/mol. The Bertz CT molecular complexity index is 1240. The van der Waals surface area contributed by atoms with Crippen LogP contribution in [0.3, 0.4) is 0 Å². The zero-order valence-corrected chi connectivity index (χ0v) is 19.1. The molecule has 2 heterocycles. The topological polar surface area (TPSA) is 59.7 Å². The zero-order chi connectivity index (χ0) is 22.7. The highest BCUT2D eigenvalue weighted by Gasteiger charge is 2.14. The van der Waals surface area contributed by atoms with Crippen LogP contribution in [0, 0.1) is 26.6 Å². The first-order valence-electron chi connectivity index (χ1n) is 10.3. The minimum Gasteiger partial charge on any atom is -0.329 e. The van der Waals surface area contributed by atoms with Crippen molar-refractivity contribution in [3.8, 4) is 0 Å². The van der Waals surface area contributed by atoms with Crippen LogP contribution in [-0.4, -0.2) is 24.7 Å². The minimum absolute atomic E-state index is 0.247. The third kappa shape index (κ3) is 5.03. The summed E-state index contributed by atoms with van der Waals surface area (Å²) >= 11 is 5.48. The van der Waals surface area contributed by atoms with E-state index in [-0.39, 0.29) is 5.82 Å². The van der Waals surface area contributed by atoms with Gasteiger partial charge in [-0.05, 0) is 44.6 Å². The highest BCUT2D eigenvalue weighted by Crippen LogP contribution is 2.21. The van der Waals surface area contributed by atoms with E-state index in [2.05, 4.69) is 52.0 Å². The van der Waals surface area contributed by atoms with Crippen molar-refractivity contribution in [2.75, 3.05) is 10.6 Å². The van der Waals surface area contributed by atoms with Gasteiger partial charge in [0.05, 0.1) is 30.2 Å². The van der Waals surface area contributed by atoms with Crippen LogP contribution in [0.5, 0.6) is 0 Å². The number of nitrogens with zero attached hydrogens (tertiary/aromatic N) is 4. The molecule has 2 aromatic carbocycles. The van der Waals surface area contributed by atoms with Gasteiger partial charge in [0.25, 0.3) is 0 Å². The molecule has 0 aliphatic rings. The Morgan fingerprint density at radius 2 is 1.69 bits per heavy atom. The average molecular weight is 449 g/mol. The smallest absolute Gasteiger partial charge is 0.176 e. The molecule has 32 heavy (non-hydrogen) atoms. The van der Waals surface area contributed by atoms with Gasteiger partial charge >= 0.3 is 0 Å². The number of nitrogens with one attached hydrogen (secondary N) is 2. The minimum atomic E-state index is -0.247. The van der Waals surface area contributed by atoms with Crippen molar-refractivity contribution < 1.29 is 4.39 Å². The van der Waals surface area contributed by atoms with E-state index in [9.17, 15) is 4.39 Å². The molecule has 8 heteroatoms. The Labute approximate surface area is 192 Å². The average Bonchev–Trinajstić information content (AvgIpc) is 3.30. The maximum absolute atomic E-state index is 13.9. The number of anilines is 2. The Kier molecular flexibility index (Phi) is 6.32. The number of halogens is 1. The standard InChI is InChI=1S/C24H25FN6S/c1-16-8-10-19(11-9-16)14-31-18(3)23(17(2)28-31)27-24(32)26-22-12-13-30(29-22)15-20-6-4-5-7-21(20)25/h4-13H,14-15H2,1-3H3,(H2,26,27,29,32). The Morgan fingerprint density at radius 1 is 0.938 bits per heavy atom. The summed E-state index contributed by atoms with van der Waals surface area (Å²) in [4.78, 5) is 0. The fourth-order valence-corrected chi connectivity index (χ4v) is 3.68. The normalized spacial score (nSPS) is 10.9. The van der Waals surface area contributed by atoms with Gasteiger partial charge in [-0.3, -0.25) is 9.36 Å². The SMILES string of the molecule is Cc1ccc(Cn2nc(C)c(NC(=S)Nc3ccn(Cc4ccccc4F)n3)c2C)cc1. The summed E-state index contributed by atoms with van der Waals surface area (Å²) in [6, 6.07) is 16.9. The van der Waals surface area contributed by atoms with Crippen LogP contribution < -0.4 is 10.6 Å². The van der Waals surface area contributed by atoms with Gasteiger partial charge < -0.3 is 10.6 Å². The second-order valence-electron chi connectivity index (χ2n) is 7.76. The predicted molar refractivity (Wildman–Crippen MR) is 130 cm³/mol. The molecule has 4 aromatic rings. The van der Waals surface area contributed by atoms with E-state index in [1.807, 2.05) is 24.6 Å². The molecule has 0 aliphatic heterocycles. The molecular formula is C24H25FN6S. The molecule has 4 rings (SSSR count). The predicted octanol–water partition coefficient (Wildman–Crippen LogP) is 5.05. The Hall–Kier alpha value is -3.52. The number of thiocarbonyl (C=S) groups is 1. The maximum Gasteiger partial charge on any atom is 0.176 e. The van der Waals surface area contributed by atoms with E-state index >= 15 is 0 Å². The van der Waals surface area contributed by atoms with Crippen molar-refractivity contribution in [3.05, 3.63) is 94.7 Å². The first kappa shape index (κ1) is 21.7. The number of aromatic nitrogens is 4. The van der Waals surface area contributed by atoms with Crippen LogP contribution in [0.25, 0.3) is 0 Å². The molecule has 0 saturated heterocycles. The van der Waals surface area contributed by atoms with E-state index in [4.69, 9.17) is 12.2 Å². The lowest BCUT2D eigenvalue weighted by Crippen LogP contribution is -2.20. The molecule has 0 saturated carbocycles. The van der Waals surface area contributed by atoms with Crippen LogP contribution in [0.1, 0.15) is 28.1 Å². The van der Waals surface area contributed by atoms with E-state index in [1.54, 1.807) is 29.1 Å². The van der Waals surface area contributed by atoms with Crippen molar-refractivity contribution in [1.29, 1.82) is 0 Å². The molecule has 2 N–H and O–H groups in total. The molecule has 0 unspecified atom stereocenters. The van der Waals surface area contributed by atoms with Gasteiger partial charge in [0.1, 0.15) is 5.82 Å². The van der Waals surface area contributed by atoms with Crippen molar-refractivity contribution in [2.24, 2.45) is 0 Å². The first-order chi connectivity index (χ1) is 15.4. The molecule has 6 nitrogen and oxygen atoms in total. The summed E-state index contributed by atoms with van der Waals surface area (Å²) < 4.78 is 17.5. The first-order valence-corrected chi connectivity index (χ1v) is 10.7. The molecule has 0 fully saturated rings. The van der Waals surface area contributed by atoms with Gasteiger partial charge in [0.2, 0.25) is 0 Å². The lowest BCUT2D eigenvalue weighted by Gasteiger charge is -2.10. The molecule has 0 spiro atoms. The molecule has 0 radical (unpaired) electrons. The molecule has 2 aromatic heterocycles. The van der Waals surface area contributed by atoms with Crippen molar-refractivity contribution >= 4 is 28.8 Å². The quantitative estimate of drug-likeness (QED) is 0.404. The lowest BCUT2D eigenvalue weighted by molar-refractivity contribution is 0.586. The molecule has 0 aliphatic carbocycles. The fourth-order valence-electron chi connectivity index (χ4n) is 3.48. The highest BCUT2D eigenvalue weighted by atomic mass is 32.1. The number of rotatable bonds is 6. The zero-order valence-electron chi connectivity index (χ0n) is 18.3. The van der Waals surface area contributed by atoms with Crippen molar-refractivity contribution in [3.63, 3.8) is 0 Å². The number of benzene rings is 2. The van der Waals surface area contributed by atoms with Gasteiger partial charge in [-0.15, -0.1) is 0 Å². The van der Waals surface area contributed by atoms with Gasteiger partial charge in [-0.25, -0.2) is 4.39 Å². The molecule has 164 valence electrons. The summed E-state index contributed by atoms with van der Waals surface area (Å²) in [7, 11) is 0. The molecule has 0 bridgehead atoms. The van der Waals surface area contributed by atoms with Crippen LogP contribution in [0.4, 0.5) is 15.9 Å². The number of aryl methyl sites for hydroxylation is 2. The van der Waals surface area contributed by atoms with Gasteiger partial charge in [-0.2, -0.15) is 10.2 Å². The fraction of sp³-hybridized carbons (Fsp3) is 0.208.